The average molecular weight is 307 g/mol. The van der Waals surface area contributed by atoms with E-state index in [-0.39, 0.29) is 0 Å². The fourth-order valence-electron chi connectivity index (χ4n) is 3.91. The number of likely N-dealkylation sites (tertiary alicyclic amines) is 1. The normalized spacial score (nSPS) is 18.0. The van der Waals surface area contributed by atoms with Gasteiger partial charge in [-0.25, -0.2) is 0 Å². The van der Waals surface area contributed by atoms with Crippen molar-refractivity contribution in [1.82, 2.24) is 4.90 Å². The smallest absolute Gasteiger partial charge is 0.0233 e. The first-order valence-electron chi connectivity index (χ1n) is 9.06. The third-order valence-corrected chi connectivity index (χ3v) is 5.40. The lowest BCUT2D eigenvalue weighted by Crippen LogP contribution is -2.41. The van der Waals surface area contributed by atoms with E-state index < -0.39 is 0 Å². The predicted octanol–water partition coefficient (Wildman–Crippen LogP) is 5.19. The van der Waals surface area contributed by atoms with Gasteiger partial charge in [-0.3, -0.25) is 4.90 Å². The van der Waals surface area contributed by atoms with Crippen molar-refractivity contribution in [2.24, 2.45) is 0 Å². The van der Waals surface area contributed by atoms with Crippen LogP contribution >= 0.6 is 0 Å². The molecule has 1 nitrogen and oxygen atoms in total. The van der Waals surface area contributed by atoms with Crippen LogP contribution in [-0.4, -0.2) is 18.0 Å². The maximum atomic E-state index is 2.61. The van der Waals surface area contributed by atoms with Gasteiger partial charge >= 0.3 is 0 Å². The van der Waals surface area contributed by atoms with E-state index in [1.54, 1.807) is 11.1 Å². The fourth-order valence-corrected chi connectivity index (χ4v) is 3.91. The third kappa shape index (κ3) is 3.84. The minimum atomic E-state index is 0.346. The van der Waals surface area contributed by atoms with Crippen LogP contribution in [0.5, 0.6) is 0 Å². The molecule has 0 radical (unpaired) electrons. The number of benzene rings is 2. The van der Waals surface area contributed by atoms with Crippen molar-refractivity contribution in [3.8, 4) is 0 Å². The molecule has 0 atom stereocenters. The van der Waals surface area contributed by atoms with E-state index in [9.17, 15) is 0 Å². The van der Waals surface area contributed by atoms with Gasteiger partial charge < -0.3 is 0 Å². The lowest BCUT2D eigenvalue weighted by Gasteiger charge is -2.41. The summed E-state index contributed by atoms with van der Waals surface area (Å²) in [5, 5.41) is 0. The first-order valence-corrected chi connectivity index (χ1v) is 9.06. The summed E-state index contributed by atoms with van der Waals surface area (Å²) in [7, 11) is 0. The van der Waals surface area contributed by atoms with Gasteiger partial charge in [-0.1, -0.05) is 74.9 Å². The van der Waals surface area contributed by atoms with Gasteiger partial charge in [0.25, 0.3) is 0 Å². The largest absolute Gasteiger partial charge is 0.299 e. The molecule has 3 rings (SSSR count). The number of hydrogen-bond donors (Lipinski definition) is 0. The Morgan fingerprint density at radius 1 is 0.913 bits per heavy atom. The molecular weight excluding hydrogens is 278 g/mol. The van der Waals surface area contributed by atoms with Crippen molar-refractivity contribution in [2.45, 2.75) is 51.5 Å². The molecule has 122 valence electrons. The highest BCUT2D eigenvalue weighted by molar-refractivity contribution is 5.34. The summed E-state index contributed by atoms with van der Waals surface area (Å²) in [6.07, 6.45) is 4.97. The summed E-state index contributed by atoms with van der Waals surface area (Å²) in [6.45, 7) is 8.24. The molecule has 1 heterocycles. The quantitative estimate of drug-likeness (QED) is 0.734. The van der Waals surface area contributed by atoms with E-state index in [1.807, 2.05) is 0 Å². The zero-order valence-electron chi connectivity index (χ0n) is 14.6. The lowest BCUT2D eigenvalue weighted by atomic mass is 9.72. The zero-order valence-corrected chi connectivity index (χ0v) is 14.6. The molecule has 1 aliphatic rings. The van der Waals surface area contributed by atoms with E-state index in [2.05, 4.69) is 73.3 Å². The molecule has 0 spiro atoms. The summed E-state index contributed by atoms with van der Waals surface area (Å²) in [4.78, 5) is 2.61. The van der Waals surface area contributed by atoms with Crippen molar-refractivity contribution >= 4 is 0 Å². The van der Waals surface area contributed by atoms with Gasteiger partial charge in [0, 0.05) is 6.54 Å². The first-order chi connectivity index (χ1) is 11.2. The monoisotopic (exact) mass is 307 g/mol. The molecule has 23 heavy (non-hydrogen) atoms. The van der Waals surface area contributed by atoms with Gasteiger partial charge in [0.05, 0.1) is 0 Å². The Kier molecular flexibility index (Phi) is 5.17. The molecule has 1 heteroatoms. The number of hydrogen-bond acceptors (Lipinski definition) is 1. The van der Waals surface area contributed by atoms with Crippen molar-refractivity contribution in [1.29, 1.82) is 0 Å². The molecule has 0 amide bonds. The molecule has 0 aliphatic carbocycles. The van der Waals surface area contributed by atoms with Crippen LogP contribution in [0.4, 0.5) is 0 Å². The van der Waals surface area contributed by atoms with Gasteiger partial charge in [-0.2, -0.15) is 0 Å². The van der Waals surface area contributed by atoms with E-state index in [4.69, 9.17) is 0 Å². The Hall–Kier alpha value is -1.60. The molecule has 2 aromatic carbocycles. The highest BCUT2D eigenvalue weighted by Crippen LogP contribution is 2.37. The van der Waals surface area contributed by atoms with Crippen LogP contribution in [0.1, 0.15) is 49.8 Å². The van der Waals surface area contributed by atoms with Gasteiger partial charge in [0.1, 0.15) is 0 Å². The van der Waals surface area contributed by atoms with Crippen LogP contribution < -0.4 is 0 Å². The second-order valence-electron chi connectivity index (χ2n) is 7.23. The van der Waals surface area contributed by atoms with Crippen LogP contribution in [-0.2, 0) is 18.4 Å². The molecule has 0 unspecified atom stereocenters. The standard InChI is InChI=1S/C22H29N/c1-3-9-20-12-7-8-13-21(20)22(2)14-16-23(17-15-22)18-19-10-5-4-6-11-19/h4-8,10-13H,3,9,14-18H2,1-2H3. The minimum Gasteiger partial charge on any atom is -0.299 e. The highest BCUT2D eigenvalue weighted by Gasteiger charge is 2.32. The van der Waals surface area contributed by atoms with Gasteiger partial charge in [0.2, 0.25) is 0 Å². The maximum Gasteiger partial charge on any atom is 0.0233 e. The Labute approximate surface area is 141 Å². The molecule has 0 aromatic heterocycles. The first kappa shape index (κ1) is 16.3. The molecule has 2 aromatic rings. The molecular formula is C22H29N. The van der Waals surface area contributed by atoms with E-state index in [0.29, 0.717) is 5.41 Å². The molecule has 0 bridgehead atoms. The Balaban J connectivity index is 1.68. The third-order valence-electron chi connectivity index (χ3n) is 5.40. The zero-order chi connectivity index (χ0) is 16.1. The SMILES string of the molecule is CCCc1ccccc1C1(C)CCN(Cc2ccccc2)CC1. The highest BCUT2D eigenvalue weighted by atomic mass is 15.1. The Morgan fingerprint density at radius 3 is 2.26 bits per heavy atom. The molecule has 0 saturated carbocycles. The number of nitrogens with zero attached hydrogens (tertiary/aromatic N) is 1. The number of aryl methyl sites for hydroxylation is 1. The number of piperidine rings is 1. The van der Waals surface area contributed by atoms with E-state index in [0.717, 1.165) is 6.54 Å². The van der Waals surface area contributed by atoms with Gasteiger partial charge in [-0.15, -0.1) is 0 Å². The summed E-state index contributed by atoms with van der Waals surface area (Å²) >= 11 is 0. The minimum absolute atomic E-state index is 0.346. The fraction of sp³-hybridized carbons (Fsp3) is 0.455. The van der Waals surface area contributed by atoms with E-state index in [1.165, 1.54) is 44.3 Å². The molecule has 1 fully saturated rings. The van der Waals surface area contributed by atoms with Gasteiger partial charge in [0.15, 0.2) is 0 Å². The van der Waals surface area contributed by atoms with Crippen LogP contribution in [0.15, 0.2) is 54.6 Å². The maximum absolute atomic E-state index is 2.61. The lowest BCUT2D eigenvalue weighted by molar-refractivity contribution is 0.161. The number of rotatable bonds is 5. The van der Waals surface area contributed by atoms with Crippen LogP contribution in [0, 0.1) is 0 Å². The van der Waals surface area contributed by atoms with Crippen molar-refractivity contribution in [2.75, 3.05) is 13.1 Å². The van der Waals surface area contributed by atoms with Crippen molar-refractivity contribution in [3.63, 3.8) is 0 Å². The van der Waals surface area contributed by atoms with Crippen LogP contribution in [0.25, 0.3) is 0 Å². The second kappa shape index (κ2) is 7.31. The van der Waals surface area contributed by atoms with Crippen LogP contribution in [0.3, 0.4) is 0 Å². The van der Waals surface area contributed by atoms with Gasteiger partial charge in [-0.05, 0) is 54.5 Å². The topological polar surface area (TPSA) is 3.24 Å². The summed E-state index contributed by atoms with van der Waals surface area (Å²) in [6, 6.07) is 20.0. The summed E-state index contributed by atoms with van der Waals surface area (Å²) < 4.78 is 0. The average Bonchev–Trinajstić information content (AvgIpc) is 2.59. The molecule has 0 N–H and O–H groups in total. The Morgan fingerprint density at radius 2 is 1.57 bits per heavy atom. The van der Waals surface area contributed by atoms with E-state index >= 15 is 0 Å². The molecule has 1 saturated heterocycles. The summed E-state index contributed by atoms with van der Waals surface area (Å²) in [5.41, 5.74) is 4.94. The Bertz CT molecular complexity index is 609. The predicted molar refractivity (Wildman–Crippen MR) is 98.7 cm³/mol. The van der Waals surface area contributed by atoms with Crippen molar-refractivity contribution < 1.29 is 0 Å². The van der Waals surface area contributed by atoms with Crippen molar-refractivity contribution in [3.05, 3.63) is 71.3 Å². The summed E-state index contributed by atoms with van der Waals surface area (Å²) in [5.74, 6) is 0. The van der Waals surface area contributed by atoms with Crippen LogP contribution in [0.2, 0.25) is 0 Å². The second-order valence-corrected chi connectivity index (χ2v) is 7.23. The molecule has 1 aliphatic heterocycles.